The third-order valence-electron chi connectivity index (χ3n) is 4.64. The molecule has 0 fully saturated rings. The summed E-state index contributed by atoms with van der Waals surface area (Å²) in [6.45, 7) is 3.69. The van der Waals surface area contributed by atoms with Crippen molar-refractivity contribution in [2.75, 3.05) is 16.6 Å². The average Bonchev–Trinajstić information content (AvgIpc) is 2.75. The normalized spacial score (nSPS) is 11.7. The maximum atomic E-state index is 12.9. The Morgan fingerprint density at radius 3 is 2.42 bits per heavy atom. The predicted molar refractivity (Wildman–Crippen MR) is 119 cm³/mol. The highest BCUT2D eigenvalue weighted by molar-refractivity contribution is 7.92. The Morgan fingerprint density at radius 2 is 1.73 bits per heavy atom. The Bertz CT molecular complexity index is 1270. The molecule has 0 spiro atoms. The molecular formula is C23H21F3N2O4S. The molecule has 0 atom stereocenters. The van der Waals surface area contributed by atoms with Crippen LogP contribution in [0.1, 0.15) is 28.4 Å². The summed E-state index contributed by atoms with van der Waals surface area (Å²) < 4.78 is 72.5. The number of hydrogen-bond donors (Lipinski definition) is 2. The van der Waals surface area contributed by atoms with Crippen LogP contribution in [-0.4, -0.2) is 20.9 Å². The van der Waals surface area contributed by atoms with E-state index in [4.69, 9.17) is 4.74 Å². The van der Waals surface area contributed by atoms with Crippen molar-refractivity contribution >= 4 is 27.3 Å². The molecular weight excluding hydrogens is 457 g/mol. The lowest BCUT2D eigenvalue weighted by Crippen LogP contribution is -2.17. The molecule has 0 aliphatic rings. The van der Waals surface area contributed by atoms with Gasteiger partial charge in [0.05, 0.1) is 22.8 Å². The summed E-state index contributed by atoms with van der Waals surface area (Å²) in [6, 6.07) is 14.6. The summed E-state index contributed by atoms with van der Waals surface area (Å²) in [7, 11) is -4.08. The second kappa shape index (κ2) is 9.53. The van der Waals surface area contributed by atoms with Crippen molar-refractivity contribution in [3.8, 4) is 5.75 Å². The first kappa shape index (κ1) is 24.1. The molecule has 2 N–H and O–H groups in total. The molecule has 174 valence electrons. The molecule has 0 saturated heterocycles. The average molecular weight is 478 g/mol. The molecule has 0 bridgehead atoms. The maximum Gasteiger partial charge on any atom is 0.416 e. The molecule has 6 nitrogen and oxygen atoms in total. The number of halogens is 3. The summed E-state index contributed by atoms with van der Waals surface area (Å²) in [6.07, 6.45) is -4.56. The van der Waals surface area contributed by atoms with Crippen molar-refractivity contribution in [2.24, 2.45) is 0 Å². The predicted octanol–water partition coefficient (Wildman–Crippen LogP) is 5.47. The van der Waals surface area contributed by atoms with Gasteiger partial charge in [0.25, 0.3) is 15.9 Å². The van der Waals surface area contributed by atoms with Crippen LogP contribution < -0.4 is 14.8 Å². The molecule has 0 radical (unpaired) electrons. The summed E-state index contributed by atoms with van der Waals surface area (Å²) >= 11 is 0. The first-order chi connectivity index (χ1) is 15.5. The summed E-state index contributed by atoms with van der Waals surface area (Å²) in [5, 5.41) is 2.39. The van der Waals surface area contributed by atoms with Crippen molar-refractivity contribution in [3.05, 3.63) is 83.4 Å². The van der Waals surface area contributed by atoms with Gasteiger partial charge in [-0.2, -0.15) is 13.2 Å². The number of amides is 1. The standard InChI is InChI=1S/C23H21F3N2O4S/c1-3-32-21-10-5-4-9-20(21)28-33(30,31)18-12-11-15(2)19(14-18)22(29)27-17-8-6-7-16(13-17)23(24,25)26/h4-14,28H,3H2,1-2H3,(H,27,29). The number of anilines is 2. The van der Waals surface area contributed by atoms with E-state index in [-0.39, 0.29) is 21.8 Å². The number of hydrogen-bond acceptors (Lipinski definition) is 4. The minimum absolute atomic E-state index is 0.00776. The Kier molecular flexibility index (Phi) is 6.97. The quantitative estimate of drug-likeness (QED) is 0.472. The molecule has 0 heterocycles. The fourth-order valence-electron chi connectivity index (χ4n) is 3.02. The van der Waals surface area contributed by atoms with Crippen LogP contribution >= 0.6 is 0 Å². The summed E-state index contributed by atoms with van der Waals surface area (Å²) in [5.41, 5.74) is -0.284. The van der Waals surface area contributed by atoms with Gasteiger partial charge >= 0.3 is 6.18 Å². The molecule has 0 aromatic heterocycles. The van der Waals surface area contributed by atoms with Crippen LogP contribution in [0.25, 0.3) is 0 Å². The molecule has 1 amide bonds. The van der Waals surface area contributed by atoms with Gasteiger partial charge in [-0.3, -0.25) is 9.52 Å². The van der Waals surface area contributed by atoms with E-state index in [0.717, 1.165) is 12.1 Å². The van der Waals surface area contributed by atoms with E-state index >= 15 is 0 Å². The Morgan fingerprint density at radius 1 is 1.00 bits per heavy atom. The van der Waals surface area contributed by atoms with Crippen LogP contribution in [0, 0.1) is 6.92 Å². The van der Waals surface area contributed by atoms with Crippen molar-refractivity contribution in [1.29, 1.82) is 0 Å². The van der Waals surface area contributed by atoms with E-state index in [1.54, 1.807) is 32.0 Å². The fraction of sp³-hybridized carbons (Fsp3) is 0.174. The number of ether oxygens (including phenoxy) is 1. The number of alkyl halides is 3. The van der Waals surface area contributed by atoms with E-state index in [1.807, 2.05) is 0 Å². The topological polar surface area (TPSA) is 84.5 Å². The lowest BCUT2D eigenvalue weighted by molar-refractivity contribution is -0.137. The van der Waals surface area contributed by atoms with Crippen LogP contribution in [0.2, 0.25) is 0 Å². The van der Waals surface area contributed by atoms with Crippen LogP contribution in [0.4, 0.5) is 24.5 Å². The lowest BCUT2D eigenvalue weighted by Gasteiger charge is -2.14. The monoisotopic (exact) mass is 478 g/mol. The van der Waals surface area contributed by atoms with Gasteiger partial charge in [0.2, 0.25) is 0 Å². The number of rotatable bonds is 7. The van der Waals surface area contributed by atoms with Gasteiger partial charge in [0, 0.05) is 11.3 Å². The third kappa shape index (κ3) is 5.83. The van der Waals surface area contributed by atoms with Gasteiger partial charge in [-0.05, 0) is 61.9 Å². The minimum Gasteiger partial charge on any atom is -0.492 e. The maximum absolute atomic E-state index is 12.9. The Balaban J connectivity index is 1.88. The van der Waals surface area contributed by atoms with Crippen molar-refractivity contribution in [1.82, 2.24) is 0 Å². The highest BCUT2D eigenvalue weighted by Crippen LogP contribution is 2.31. The number of sulfonamides is 1. The largest absolute Gasteiger partial charge is 0.492 e. The molecule has 0 unspecified atom stereocenters. The van der Waals surface area contributed by atoms with E-state index in [9.17, 15) is 26.4 Å². The molecule has 0 aliphatic heterocycles. The second-order valence-electron chi connectivity index (χ2n) is 7.04. The van der Waals surface area contributed by atoms with Gasteiger partial charge in [0.1, 0.15) is 5.75 Å². The van der Waals surface area contributed by atoms with Crippen LogP contribution in [0.3, 0.4) is 0 Å². The zero-order valence-electron chi connectivity index (χ0n) is 17.7. The number of aryl methyl sites for hydroxylation is 1. The Hall–Kier alpha value is -3.53. The molecule has 3 aromatic carbocycles. The van der Waals surface area contributed by atoms with Crippen molar-refractivity contribution in [2.45, 2.75) is 24.9 Å². The third-order valence-corrected chi connectivity index (χ3v) is 6.01. The first-order valence-corrected chi connectivity index (χ1v) is 11.3. The van der Waals surface area contributed by atoms with Crippen LogP contribution in [0.15, 0.2) is 71.6 Å². The number of para-hydroxylation sites is 2. The SMILES string of the molecule is CCOc1ccccc1NS(=O)(=O)c1ccc(C)c(C(=O)Nc2cccc(C(F)(F)F)c2)c1. The second-order valence-corrected chi connectivity index (χ2v) is 8.73. The first-order valence-electron chi connectivity index (χ1n) is 9.85. The number of nitrogens with one attached hydrogen (secondary N) is 2. The van der Waals surface area contributed by atoms with Crippen molar-refractivity contribution in [3.63, 3.8) is 0 Å². The lowest BCUT2D eigenvalue weighted by atomic mass is 10.1. The minimum atomic E-state index is -4.56. The molecule has 33 heavy (non-hydrogen) atoms. The molecule has 3 aromatic rings. The molecule has 0 saturated carbocycles. The van der Waals surface area contributed by atoms with Gasteiger partial charge in [0.15, 0.2) is 0 Å². The van der Waals surface area contributed by atoms with Crippen molar-refractivity contribution < 1.29 is 31.1 Å². The summed E-state index contributed by atoms with van der Waals surface area (Å²) in [5.74, 6) is -0.392. The highest BCUT2D eigenvalue weighted by atomic mass is 32.2. The summed E-state index contributed by atoms with van der Waals surface area (Å²) in [4.78, 5) is 12.6. The zero-order valence-corrected chi connectivity index (χ0v) is 18.5. The number of benzene rings is 3. The van der Waals surface area contributed by atoms with Crippen LogP contribution in [0.5, 0.6) is 5.75 Å². The van der Waals surface area contributed by atoms with E-state index < -0.39 is 27.7 Å². The highest BCUT2D eigenvalue weighted by Gasteiger charge is 2.30. The fourth-order valence-corrected chi connectivity index (χ4v) is 4.12. The van der Waals surface area contributed by atoms with E-state index in [0.29, 0.717) is 17.9 Å². The zero-order chi connectivity index (χ0) is 24.2. The number of carbonyl (C=O) groups excluding carboxylic acids is 1. The Labute approximate surface area is 189 Å². The van der Waals surface area contributed by atoms with Gasteiger partial charge in [-0.1, -0.05) is 24.3 Å². The van der Waals surface area contributed by atoms with Gasteiger partial charge in [-0.25, -0.2) is 8.42 Å². The molecule has 3 rings (SSSR count). The van der Waals surface area contributed by atoms with E-state index in [1.165, 1.54) is 36.4 Å². The van der Waals surface area contributed by atoms with Crippen LogP contribution in [-0.2, 0) is 16.2 Å². The molecule has 10 heteroatoms. The number of carbonyl (C=O) groups is 1. The van der Waals surface area contributed by atoms with Gasteiger partial charge in [-0.15, -0.1) is 0 Å². The van der Waals surface area contributed by atoms with Gasteiger partial charge < -0.3 is 10.1 Å². The smallest absolute Gasteiger partial charge is 0.416 e. The molecule has 0 aliphatic carbocycles. The van der Waals surface area contributed by atoms with E-state index in [2.05, 4.69) is 10.0 Å².